The van der Waals surface area contributed by atoms with Crippen molar-refractivity contribution < 1.29 is 18.7 Å². The normalized spacial score (nSPS) is 11.8. The molecule has 2 aromatic carbocycles. The third-order valence-corrected chi connectivity index (χ3v) is 4.83. The van der Waals surface area contributed by atoms with Gasteiger partial charge in [-0.1, -0.05) is 23.4 Å². The Balaban J connectivity index is 1.55. The van der Waals surface area contributed by atoms with E-state index in [2.05, 4.69) is 10.2 Å². The molecule has 140 valence electrons. The number of thioether (sulfide) groups is 1. The molecule has 1 heterocycles. The second kappa shape index (κ2) is 8.92. The van der Waals surface area contributed by atoms with Crippen molar-refractivity contribution in [1.29, 1.82) is 0 Å². The summed E-state index contributed by atoms with van der Waals surface area (Å²) in [5.74, 6) is 1.65. The van der Waals surface area contributed by atoms with Crippen molar-refractivity contribution in [3.8, 4) is 11.5 Å². The highest BCUT2D eigenvalue weighted by Gasteiger charge is 2.20. The number of benzene rings is 2. The Morgan fingerprint density at radius 1 is 1.11 bits per heavy atom. The molecule has 0 spiro atoms. The minimum absolute atomic E-state index is 0.0279. The van der Waals surface area contributed by atoms with Crippen LogP contribution in [0.1, 0.15) is 23.2 Å². The van der Waals surface area contributed by atoms with E-state index in [1.165, 1.54) is 11.8 Å². The van der Waals surface area contributed by atoms with Gasteiger partial charge in [0.2, 0.25) is 0 Å². The maximum Gasteiger partial charge on any atom is 0.277 e. The maximum absolute atomic E-state index is 12.5. The largest absolute Gasteiger partial charge is 0.497 e. The first-order chi connectivity index (χ1) is 13.0. The molecule has 0 saturated carbocycles. The van der Waals surface area contributed by atoms with Gasteiger partial charge < -0.3 is 13.9 Å². The lowest BCUT2D eigenvalue weighted by atomic mass is 10.1. The molecular formula is C19H17ClN2O4S. The predicted molar refractivity (Wildman–Crippen MR) is 103 cm³/mol. The molecule has 27 heavy (non-hydrogen) atoms. The standard InChI is InChI=1S/C19H17ClN2O4S/c1-12(18(23)13-3-7-15(24-2)8-4-13)27-19-22-21-17(26-19)11-25-16-9-5-14(20)6-10-16/h3-10,12H,11H2,1-2H3/t12-/m1/s1. The van der Waals surface area contributed by atoms with Crippen LogP contribution in [0.3, 0.4) is 0 Å². The number of rotatable bonds is 8. The van der Waals surface area contributed by atoms with Gasteiger partial charge >= 0.3 is 0 Å². The number of methoxy groups -OCH3 is 1. The minimum Gasteiger partial charge on any atom is -0.497 e. The minimum atomic E-state index is -0.371. The van der Waals surface area contributed by atoms with Crippen LogP contribution in [0.2, 0.25) is 5.02 Å². The van der Waals surface area contributed by atoms with E-state index < -0.39 is 0 Å². The van der Waals surface area contributed by atoms with Gasteiger partial charge in [-0.15, -0.1) is 10.2 Å². The highest BCUT2D eigenvalue weighted by Crippen LogP contribution is 2.25. The van der Waals surface area contributed by atoms with Gasteiger partial charge in [0.15, 0.2) is 12.4 Å². The Hall–Kier alpha value is -2.51. The topological polar surface area (TPSA) is 74.5 Å². The van der Waals surface area contributed by atoms with E-state index in [1.807, 2.05) is 0 Å². The van der Waals surface area contributed by atoms with Gasteiger partial charge in [0.1, 0.15) is 11.5 Å². The molecule has 0 aliphatic carbocycles. The lowest BCUT2D eigenvalue weighted by molar-refractivity contribution is 0.0993. The molecule has 1 atom stereocenters. The highest BCUT2D eigenvalue weighted by molar-refractivity contribution is 8.00. The zero-order chi connectivity index (χ0) is 19.2. The van der Waals surface area contributed by atoms with Crippen LogP contribution in [0.15, 0.2) is 58.2 Å². The molecule has 0 N–H and O–H groups in total. The van der Waals surface area contributed by atoms with Crippen molar-refractivity contribution in [2.45, 2.75) is 24.0 Å². The molecule has 0 aliphatic heterocycles. The van der Waals surface area contributed by atoms with Gasteiger partial charge in [-0.3, -0.25) is 4.79 Å². The molecule has 0 amide bonds. The number of hydrogen-bond acceptors (Lipinski definition) is 7. The quantitative estimate of drug-likeness (QED) is 0.398. The molecular weight excluding hydrogens is 388 g/mol. The smallest absolute Gasteiger partial charge is 0.277 e. The van der Waals surface area contributed by atoms with Gasteiger partial charge in [0.05, 0.1) is 12.4 Å². The van der Waals surface area contributed by atoms with Crippen LogP contribution in [0.25, 0.3) is 0 Å². The summed E-state index contributed by atoms with van der Waals surface area (Å²) in [7, 11) is 1.58. The zero-order valence-electron chi connectivity index (χ0n) is 14.7. The van der Waals surface area contributed by atoms with Crippen molar-refractivity contribution in [2.24, 2.45) is 0 Å². The van der Waals surface area contributed by atoms with Crippen LogP contribution in [0.4, 0.5) is 0 Å². The van der Waals surface area contributed by atoms with E-state index in [4.69, 9.17) is 25.5 Å². The molecule has 6 nitrogen and oxygen atoms in total. The summed E-state index contributed by atoms with van der Waals surface area (Å²) in [6, 6.07) is 14.0. The molecule has 0 fully saturated rings. The summed E-state index contributed by atoms with van der Waals surface area (Å²) in [4.78, 5) is 12.5. The number of carbonyl (C=O) groups is 1. The average molecular weight is 405 g/mol. The van der Waals surface area contributed by atoms with Gasteiger partial charge in [0, 0.05) is 10.6 Å². The molecule has 0 aliphatic rings. The molecule has 0 saturated heterocycles. The fourth-order valence-electron chi connectivity index (χ4n) is 2.21. The van der Waals surface area contributed by atoms with Crippen molar-refractivity contribution in [2.75, 3.05) is 7.11 Å². The number of aromatic nitrogens is 2. The number of nitrogens with zero attached hydrogens (tertiary/aromatic N) is 2. The number of ether oxygens (including phenoxy) is 2. The molecule has 0 bridgehead atoms. The Morgan fingerprint density at radius 2 is 1.78 bits per heavy atom. The fraction of sp³-hybridized carbons (Fsp3) is 0.211. The fourth-order valence-corrected chi connectivity index (χ4v) is 3.12. The SMILES string of the molecule is COc1ccc(C(=O)[C@@H](C)Sc2nnc(COc3ccc(Cl)cc3)o2)cc1. The van der Waals surface area contributed by atoms with Gasteiger partial charge in [-0.2, -0.15) is 0 Å². The molecule has 3 aromatic rings. The summed E-state index contributed by atoms with van der Waals surface area (Å²) in [5.41, 5.74) is 0.599. The molecule has 0 radical (unpaired) electrons. The Morgan fingerprint density at radius 3 is 2.44 bits per heavy atom. The molecule has 0 unspecified atom stereocenters. The monoisotopic (exact) mass is 404 g/mol. The first-order valence-electron chi connectivity index (χ1n) is 8.11. The lowest BCUT2D eigenvalue weighted by Crippen LogP contribution is -2.13. The van der Waals surface area contributed by atoms with Crippen LogP contribution < -0.4 is 9.47 Å². The molecule has 3 rings (SSSR count). The predicted octanol–water partition coefficient (Wildman–Crippen LogP) is 4.67. The Labute approximate surface area is 165 Å². The first-order valence-corrected chi connectivity index (χ1v) is 9.36. The van der Waals surface area contributed by atoms with Crippen LogP contribution >= 0.6 is 23.4 Å². The van der Waals surface area contributed by atoms with Gasteiger partial charge in [-0.05, 0) is 55.5 Å². The summed E-state index contributed by atoms with van der Waals surface area (Å²) in [5, 5.41) is 8.48. The van der Waals surface area contributed by atoms with Crippen molar-refractivity contribution in [3.05, 3.63) is 65.0 Å². The Bertz CT molecular complexity index is 897. The summed E-state index contributed by atoms with van der Waals surface area (Å²) in [6.07, 6.45) is 0. The van der Waals surface area contributed by atoms with Crippen molar-refractivity contribution in [3.63, 3.8) is 0 Å². The van der Waals surface area contributed by atoms with Crippen LogP contribution in [0, 0.1) is 0 Å². The molecule has 8 heteroatoms. The second-order valence-corrected chi connectivity index (χ2v) is 7.29. The van der Waals surface area contributed by atoms with E-state index in [0.29, 0.717) is 33.2 Å². The summed E-state index contributed by atoms with van der Waals surface area (Å²) in [6.45, 7) is 1.93. The van der Waals surface area contributed by atoms with Gasteiger partial charge in [0.25, 0.3) is 11.1 Å². The second-order valence-electron chi connectivity index (χ2n) is 5.56. The number of carbonyl (C=O) groups excluding carboxylic acids is 1. The summed E-state index contributed by atoms with van der Waals surface area (Å²) >= 11 is 7.04. The number of Topliss-reactive ketones (excluding diaryl/α,β-unsaturated/α-hetero) is 1. The van der Waals surface area contributed by atoms with E-state index in [9.17, 15) is 4.79 Å². The lowest BCUT2D eigenvalue weighted by Gasteiger charge is -2.08. The molecule has 1 aromatic heterocycles. The first kappa shape index (κ1) is 19.3. The average Bonchev–Trinajstić information content (AvgIpc) is 3.14. The van der Waals surface area contributed by atoms with E-state index >= 15 is 0 Å². The number of hydrogen-bond donors (Lipinski definition) is 0. The maximum atomic E-state index is 12.5. The highest BCUT2D eigenvalue weighted by atomic mass is 35.5. The van der Waals surface area contributed by atoms with Crippen molar-refractivity contribution >= 4 is 29.1 Å². The van der Waals surface area contributed by atoms with Crippen LogP contribution in [0.5, 0.6) is 11.5 Å². The van der Waals surface area contributed by atoms with E-state index in [-0.39, 0.29) is 17.6 Å². The van der Waals surface area contributed by atoms with E-state index in [0.717, 1.165) is 0 Å². The summed E-state index contributed by atoms with van der Waals surface area (Å²) < 4.78 is 16.2. The third kappa shape index (κ3) is 5.24. The number of halogens is 1. The zero-order valence-corrected chi connectivity index (χ0v) is 16.3. The van der Waals surface area contributed by atoms with Crippen molar-refractivity contribution in [1.82, 2.24) is 10.2 Å². The third-order valence-electron chi connectivity index (χ3n) is 3.65. The van der Waals surface area contributed by atoms with E-state index in [1.54, 1.807) is 62.6 Å². The number of ketones is 1. The van der Waals surface area contributed by atoms with Crippen LogP contribution in [-0.2, 0) is 6.61 Å². The van der Waals surface area contributed by atoms with Gasteiger partial charge in [-0.25, -0.2) is 0 Å². The Kier molecular flexibility index (Phi) is 6.36. The van der Waals surface area contributed by atoms with Crippen LogP contribution in [-0.4, -0.2) is 28.3 Å².